The molecule has 1 rings (SSSR count). The number of methoxy groups -OCH3 is 1. The van der Waals surface area contributed by atoms with Crippen LogP contribution in [0.15, 0.2) is 4.52 Å². The largest absolute Gasteiger partial charge is 0.481 e. The van der Waals surface area contributed by atoms with Crippen LogP contribution < -0.4 is 4.74 Å². The number of nitrogens with zero attached hydrogens (tertiary/aromatic N) is 1. The molecule has 0 amide bonds. The summed E-state index contributed by atoms with van der Waals surface area (Å²) in [5, 5.41) is 12.7. The van der Waals surface area contributed by atoms with Gasteiger partial charge in [-0.1, -0.05) is 13.8 Å². The molecule has 0 radical (unpaired) electrons. The Hall–Kier alpha value is -1.52. The van der Waals surface area contributed by atoms with Crippen molar-refractivity contribution in [3.05, 3.63) is 11.3 Å². The first-order chi connectivity index (χ1) is 6.99. The Morgan fingerprint density at radius 2 is 2.13 bits per heavy atom. The molecule has 0 spiro atoms. The van der Waals surface area contributed by atoms with Crippen LogP contribution in [0, 0.1) is 12.8 Å². The van der Waals surface area contributed by atoms with Crippen molar-refractivity contribution in [2.24, 2.45) is 5.92 Å². The van der Waals surface area contributed by atoms with Gasteiger partial charge in [-0.3, -0.25) is 4.79 Å². The number of rotatable bonds is 4. The Labute approximate surface area is 88.0 Å². The fraction of sp³-hybridized carbons (Fsp3) is 0.600. The molecule has 1 atom stereocenters. The molecule has 1 aromatic heterocycles. The monoisotopic (exact) mass is 213 g/mol. The van der Waals surface area contributed by atoms with Crippen LogP contribution in [-0.4, -0.2) is 23.3 Å². The van der Waals surface area contributed by atoms with E-state index in [0.717, 1.165) is 0 Å². The van der Waals surface area contributed by atoms with E-state index in [1.807, 2.05) is 13.8 Å². The molecule has 5 nitrogen and oxygen atoms in total. The zero-order valence-electron chi connectivity index (χ0n) is 9.27. The van der Waals surface area contributed by atoms with Crippen LogP contribution in [0.2, 0.25) is 0 Å². The van der Waals surface area contributed by atoms with E-state index in [1.165, 1.54) is 7.11 Å². The van der Waals surface area contributed by atoms with E-state index in [-0.39, 0.29) is 5.92 Å². The van der Waals surface area contributed by atoms with E-state index < -0.39 is 11.9 Å². The minimum absolute atomic E-state index is 0.0566. The van der Waals surface area contributed by atoms with Gasteiger partial charge in [-0.05, 0) is 18.0 Å². The zero-order valence-corrected chi connectivity index (χ0v) is 9.27. The fourth-order valence-electron chi connectivity index (χ4n) is 1.51. The Morgan fingerprint density at radius 3 is 2.47 bits per heavy atom. The summed E-state index contributed by atoms with van der Waals surface area (Å²) in [6.45, 7) is 5.39. The van der Waals surface area contributed by atoms with Gasteiger partial charge in [0.05, 0.1) is 12.7 Å². The quantitative estimate of drug-likeness (QED) is 0.825. The second-order valence-electron chi connectivity index (χ2n) is 3.74. The highest BCUT2D eigenvalue weighted by molar-refractivity contribution is 5.76. The van der Waals surface area contributed by atoms with Gasteiger partial charge in [0.15, 0.2) is 5.76 Å². The zero-order chi connectivity index (χ0) is 11.6. The minimum Gasteiger partial charge on any atom is -0.481 e. The van der Waals surface area contributed by atoms with Gasteiger partial charge in [0, 0.05) is 0 Å². The predicted molar refractivity (Wildman–Crippen MR) is 53.0 cm³/mol. The summed E-state index contributed by atoms with van der Waals surface area (Å²) in [5.41, 5.74) is 0.651. The van der Waals surface area contributed by atoms with E-state index in [1.54, 1.807) is 6.92 Å². The van der Waals surface area contributed by atoms with Crippen molar-refractivity contribution in [2.45, 2.75) is 26.7 Å². The van der Waals surface area contributed by atoms with Gasteiger partial charge in [0.25, 0.3) is 5.88 Å². The van der Waals surface area contributed by atoms with Crippen LogP contribution >= 0.6 is 0 Å². The summed E-state index contributed by atoms with van der Waals surface area (Å²) >= 11 is 0. The van der Waals surface area contributed by atoms with Crippen molar-refractivity contribution >= 4 is 5.97 Å². The Morgan fingerprint density at radius 1 is 1.53 bits per heavy atom. The van der Waals surface area contributed by atoms with Gasteiger partial charge >= 0.3 is 5.97 Å². The third-order valence-electron chi connectivity index (χ3n) is 2.33. The number of aromatic nitrogens is 1. The number of carboxylic acids is 1. The topological polar surface area (TPSA) is 72.6 Å². The molecule has 15 heavy (non-hydrogen) atoms. The lowest BCUT2D eigenvalue weighted by Crippen LogP contribution is -2.17. The lowest BCUT2D eigenvalue weighted by Gasteiger charge is -2.13. The molecule has 0 saturated heterocycles. The number of carbonyl (C=O) groups is 1. The van der Waals surface area contributed by atoms with E-state index in [9.17, 15) is 4.79 Å². The molecule has 0 bridgehead atoms. The molecule has 0 saturated carbocycles. The first-order valence-electron chi connectivity index (χ1n) is 4.72. The molecule has 0 aliphatic carbocycles. The number of hydrogen-bond donors (Lipinski definition) is 1. The van der Waals surface area contributed by atoms with Crippen molar-refractivity contribution in [1.82, 2.24) is 5.16 Å². The maximum absolute atomic E-state index is 11.1. The summed E-state index contributed by atoms with van der Waals surface area (Å²) < 4.78 is 9.95. The van der Waals surface area contributed by atoms with Crippen molar-refractivity contribution < 1.29 is 19.2 Å². The second-order valence-corrected chi connectivity index (χ2v) is 3.74. The number of aliphatic carboxylic acids is 1. The summed E-state index contributed by atoms with van der Waals surface area (Å²) in [7, 11) is 1.47. The molecule has 1 heterocycles. The minimum atomic E-state index is -0.910. The van der Waals surface area contributed by atoms with E-state index in [0.29, 0.717) is 17.2 Å². The van der Waals surface area contributed by atoms with E-state index >= 15 is 0 Å². The Balaban J connectivity index is 3.12. The molecular formula is C10H15NO4. The third-order valence-corrected chi connectivity index (χ3v) is 2.33. The van der Waals surface area contributed by atoms with Crippen LogP contribution in [0.1, 0.15) is 31.1 Å². The highest BCUT2D eigenvalue weighted by Crippen LogP contribution is 2.31. The number of ether oxygens (including phenoxy) is 1. The molecule has 0 aliphatic rings. The van der Waals surface area contributed by atoms with Crippen molar-refractivity contribution in [3.63, 3.8) is 0 Å². The molecule has 1 aromatic rings. The first kappa shape index (κ1) is 11.6. The van der Waals surface area contributed by atoms with Gasteiger partial charge in [-0.15, -0.1) is 0 Å². The summed E-state index contributed by atoms with van der Waals surface area (Å²) in [6, 6.07) is 0. The summed E-state index contributed by atoms with van der Waals surface area (Å²) in [4.78, 5) is 11.1. The Bertz CT molecular complexity index is 356. The van der Waals surface area contributed by atoms with Crippen LogP contribution in [0.3, 0.4) is 0 Å². The van der Waals surface area contributed by atoms with Crippen LogP contribution in [-0.2, 0) is 4.79 Å². The highest BCUT2D eigenvalue weighted by Gasteiger charge is 2.30. The van der Waals surface area contributed by atoms with Gasteiger partial charge in [0.2, 0.25) is 0 Å². The van der Waals surface area contributed by atoms with Gasteiger partial charge in [-0.25, -0.2) is 0 Å². The highest BCUT2D eigenvalue weighted by atomic mass is 16.5. The second kappa shape index (κ2) is 4.33. The SMILES string of the molecule is COc1noc(C(C(=O)O)C(C)C)c1C. The third kappa shape index (κ3) is 2.11. The lowest BCUT2D eigenvalue weighted by molar-refractivity contribution is -0.140. The fourth-order valence-corrected chi connectivity index (χ4v) is 1.51. The van der Waals surface area contributed by atoms with Crippen LogP contribution in [0.5, 0.6) is 5.88 Å². The molecule has 84 valence electrons. The van der Waals surface area contributed by atoms with E-state index in [4.69, 9.17) is 14.4 Å². The number of carboxylic acid groups (broad SMARTS) is 1. The first-order valence-corrected chi connectivity index (χ1v) is 4.72. The molecule has 0 aliphatic heterocycles. The smallest absolute Gasteiger partial charge is 0.314 e. The van der Waals surface area contributed by atoms with Crippen LogP contribution in [0.4, 0.5) is 0 Å². The molecular weight excluding hydrogens is 198 g/mol. The van der Waals surface area contributed by atoms with Gasteiger partial charge < -0.3 is 14.4 Å². The maximum atomic E-state index is 11.1. The van der Waals surface area contributed by atoms with Crippen molar-refractivity contribution in [3.8, 4) is 5.88 Å². The van der Waals surface area contributed by atoms with Crippen molar-refractivity contribution in [2.75, 3.05) is 7.11 Å². The van der Waals surface area contributed by atoms with Crippen molar-refractivity contribution in [1.29, 1.82) is 0 Å². The molecule has 0 fully saturated rings. The normalized spacial score (nSPS) is 12.9. The molecule has 5 heteroatoms. The van der Waals surface area contributed by atoms with Gasteiger partial charge in [0.1, 0.15) is 5.92 Å². The lowest BCUT2D eigenvalue weighted by atomic mass is 9.91. The maximum Gasteiger partial charge on any atom is 0.314 e. The molecule has 1 N–H and O–H groups in total. The molecule has 1 unspecified atom stereocenters. The summed E-state index contributed by atoms with van der Waals surface area (Å²) in [6.07, 6.45) is 0. The summed E-state index contributed by atoms with van der Waals surface area (Å²) in [5.74, 6) is -0.932. The molecule has 0 aromatic carbocycles. The standard InChI is InChI=1S/C10H15NO4/c1-5(2)7(10(12)13)8-6(3)9(14-4)11-15-8/h5,7H,1-4H3,(H,12,13). The average Bonchev–Trinajstić information content (AvgIpc) is 2.47. The number of hydrogen-bond acceptors (Lipinski definition) is 4. The average molecular weight is 213 g/mol. The predicted octanol–water partition coefficient (Wildman–Crippen LogP) is 1.82. The van der Waals surface area contributed by atoms with Gasteiger partial charge in [-0.2, -0.15) is 0 Å². The Kier molecular flexibility index (Phi) is 3.34. The van der Waals surface area contributed by atoms with E-state index in [2.05, 4.69) is 5.16 Å². The van der Waals surface area contributed by atoms with Crippen LogP contribution in [0.25, 0.3) is 0 Å².